The van der Waals surface area contributed by atoms with Crippen LogP contribution in [0.2, 0.25) is 0 Å². The van der Waals surface area contributed by atoms with E-state index >= 15 is 0 Å². The molecule has 0 amide bonds. The van der Waals surface area contributed by atoms with Gasteiger partial charge in [-0.2, -0.15) is 0 Å². The standard InChI is InChI=1S/C16H20FN3/c1-5-18-16-14(10(2)3)15(19-9-20-16)12-7-6-8-13(17)11(12)4/h6-10H,5H2,1-4H3,(H,18,19,20). The monoisotopic (exact) mass is 273 g/mol. The van der Waals surface area contributed by atoms with Crippen LogP contribution in [0.15, 0.2) is 24.5 Å². The maximum absolute atomic E-state index is 13.8. The average Bonchev–Trinajstić information content (AvgIpc) is 2.42. The van der Waals surface area contributed by atoms with Gasteiger partial charge in [0.25, 0.3) is 0 Å². The van der Waals surface area contributed by atoms with E-state index in [9.17, 15) is 4.39 Å². The van der Waals surface area contributed by atoms with Crippen molar-refractivity contribution in [2.75, 3.05) is 11.9 Å². The Hall–Kier alpha value is -1.97. The molecule has 0 fully saturated rings. The van der Waals surface area contributed by atoms with Crippen LogP contribution in [-0.4, -0.2) is 16.5 Å². The van der Waals surface area contributed by atoms with E-state index in [1.807, 2.05) is 13.0 Å². The van der Waals surface area contributed by atoms with Crippen molar-refractivity contribution in [1.29, 1.82) is 0 Å². The highest BCUT2D eigenvalue weighted by Gasteiger charge is 2.18. The Balaban J connectivity index is 2.67. The van der Waals surface area contributed by atoms with Gasteiger partial charge in [-0.05, 0) is 31.4 Å². The smallest absolute Gasteiger partial charge is 0.133 e. The van der Waals surface area contributed by atoms with Crippen molar-refractivity contribution in [1.82, 2.24) is 9.97 Å². The summed E-state index contributed by atoms with van der Waals surface area (Å²) in [6.45, 7) is 8.79. The Morgan fingerprint density at radius 3 is 2.65 bits per heavy atom. The Morgan fingerprint density at radius 2 is 2.00 bits per heavy atom. The van der Waals surface area contributed by atoms with E-state index in [1.54, 1.807) is 13.0 Å². The van der Waals surface area contributed by atoms with Crippen LogP contribution in [0.1, 0.15) is 37.8 Å². The predicted molar refractivity (Wildman–Crippen MR) is 80.4 cm³/mol. The summed E-state index contributed by atoms with van der Waals surface area (Å²) in [4.78, 5) is 8.71. The highest BCUT2D eigenvalue weighted by molar-refractivity contribution is 5.71. The molecular weight excluding hydrogens is 253 g/mol. The molecule has 1 N–H and O–H groups in total. The number of aromatic nitrogens is 2. The molecule has 1 aromatic carbocycles. The quantitative estimate of drug-likeness (QED) is 0.909. The van der Waals surface area contributed by atoms with E-state index in [-0.39, 0.29) is 11.7 Å². The van der Waals surface area contributed by atoms with Gasteiger partial charge in [-0.3, -0.25) is 0 Å². The van der Waals surface area contributed by atoms with Crippen molar-refractivity contribution < 1.29 is 4.39 Å². The van der Waals surface area contributed by atoms with E-state index in [0.29, 0.717) is 5.56 Å². The molecule has 0 aliphatic heterocycles. The first-order valence-electron chi connectivity index (χ1n) is 6.90. The molecule has 0 saturated carbocycles. The second-order valence-corrected chi connectivity index (χ2v) is 5.08. The fraction of sp³-hybridized carbons (Fsp3) is 0.375. The topological polar surface area (TPSA) is 37.8 Å². The van der Waals surface area contributed by atoms with Crippen molar-refractivity contribution in [2.45, 2.75) is 33.6 Å². The van der Waals surface area contributed by atoms with Gasteiger partial charge >= 0.3 is 0 Å². The van der Waals surface area contributed by atoms with Crippen molar-refractivity contribution >= 4 is 5.82 Å². The molecule has 2 aromatic rings. The van der Waals surface area contributed by atoms with Crippen LogP contribution in [0, 0.1) is 12.7 Å². The summed E-state index contributed by atoms with van der Waals surface area (Å²) in [5, 5.41) is 3.26. The van der Waals surface area contributed by atoms with Crippen molar-refractivity contribution in [3.8, 4) is 11.3 Å². The third-order valence-corrected chi connectivity index (χ3v) is 3.33. The Labute approximate surface area is 119 Å². The third kappa shape index (κ3) is 2.64. The minimum absolute atomic E-state index is 0.208. The van der Waals surface area contributed by atoms with Crippen LogP contribution >= 0.6 is 0 Å². The fourth-order valence-corrected chi connectivity index (χ4v) is 2.33. The Morgan fingerprint density at radius 1 is 1.25 bits per heavy atom. The summed E-state index contributed by atoms with van der Waals surface area (Å²) in [6.07, 6.45) is 1.53. The molecule has 0 bridgehead atoms. The van der Waals surface area contributed by atoms with E-state index in [4.69, 9.17) is 0 Å². The largest absolute Gasteiger partial charge is 0.370 e. The number of halogens is 1. The second kappa shape index (κ2) is 5.99. The van der Waals surface area contributed by atoms with Gasteiger partial charge in [0.15, 0.2) is 0 Å². The van der Waals surface area contributed by atoms with Crippen LogP contribution in [0.4, 0.5) is 10.2 Å². The number of hydrogen-bond donors (Lipinski definition) is 1. The molecule has 2 rings (SSSR count). The summed E-state index contributed by atoms with van der Waals surface area (Å²) in [7, 11) is 0. The highest BCUT2D eigenvalue weighted by Crippen LogP contribution is 2.33. The molecule has 0 aliphatic carbocycles. The molecule has 1 heterocycles. The Kier molecular flexibility index (Phi) is 4.32. The lowest BCUT2D eigenvalue weighted by Gasteiger charge is -2.17. The minimum atomic E-state index is -0.208. The molecule has 106 valence electrons. The first-order valence-corrected chi connectivity index (χ1v) is 6.90. The molecular formula is C16H20FN3. The van der Waals surface area contributed by atoms with Crippen LogP contribution < -0.4 is 5.32 Å². The van der Waals surface area contributed by atoms with Gasteiger partial charge in [0.2, 0.25) is 0 Å². The van der Waals surface area contributed by atoms with Crippen LogP contribution in [0.3, 0.4) is 0 Å². The SMILES string of the molecule is CCNc1ncnc(-c2cccc(F)c2C)c1C(C)C. The molecule has 0 saturated heterocycles. The van der Waals surface area contributed by atoms with E-state index in [2.05, 4.69) is 29.1 Å². The van der Waals surface area contributed by atoms with Gasteiger partial charge in [0.05, 0.1) is 5.69 Å². The van der Waals surface area contributed by atoms with Crippen molar-refractivity contribution in [2.24, 2.45) is 0 Å². The van der Waals surface area contributed by atoms with Gasteiger partial charge < -0.3 is 5.32 Å². The highest BCUT2D eigenvalue weighted by atomic mass is 19.1. The summed E-state index contributed by atoms with van der Waals surface area (Å²) in [5.41, 5.74) is 3.29. The maximum Gasteiger partial charge on any atom is 0.133 e. The third-order valence-electron chi connectivity index (χ3n) is 3.33. The molecule has 0 unspecified atom stereocenters. The van der Waals surface area contributed by atoms with Gasteiger partial charge in [0.1, 0.15) is 18.0 Å². The molecule has 0 radical (unpaired) electrons. The van der Waals surface area contributed by atoms with E-state index < -0.39 is 0 Å². The number of hydrogen-bond acceptors (Lipinski definition) is 3. The maximum atomic E-state index is 13.8. The average molecular weight is 273 g/mol. The molecule has 20 heavy (non-hydrogen) atoms. The summed E-state index contributed by atoms with van der Waals surface area (Å²) >= 11 is 0. The molecule has 1 aromatic heterocycles. The second-order valence-electron chi connectivity index (χ2n) is 5.08. The summed E-state index contributed by atoms with van der Waals surface area (Å²) in [6, 6.07) is 5.10. The lowest BCUT2D eigenvalue weighted by molar-refractivity contribution is 0.619. The van der Waals surface area contributed by atoms with Crippen molar-refractivity contribution in [3.05, 3.63) is 41.5 Å². The fourth-order valence-electron chi connectivity index (χ4n) is 2.33. The van der Waals surface area contributed by atoms with Gasteiger partial charge in [-0.25, -0.2) is 14.4 Å². The van der Waals surface area contributed by atoms with Gasteiger partial charge in [-0.15, -0.1) is 0 Å². The number of nitrogens with one attached hydrogen (secondary N) is 1. The van der Waals surface area contributed by atoms with Crippen LogP contribution in [-0.2, 0) is 0 Å². The zero-order valence-electron chi connectivity index (χ0n) is 12.4. The lowest BCUT2D eigenvalue weighted by atomic mass is 9.95. The number of rotatable bonds is 4. The van der Waals surface area contributed by atoms with Crippen molar-refractivity contribution in [3.63, 3.8) is 0 Å². The number of benzene rings is 1. The van der Waals surface area contributed by atoms with E-state index in [0.717, 1.165) is 29.2 Å². The van der Waals surface area contributed by atoms with Gasteiger partial charge in [-0.1, -0.05) is 26.0 Å². The zero-order valence-corrected chi connectivity index (χ0v) is 12.4. The molecule has 0 atom stereocenters. The number of anilines is 1. The molecule has 4 heteroatoms. The normalized spacial score (nSPS) is 10.9. The first kappa shape index (κ1) is 14.4. The summed E-state index contributed by atoms with van der Waals surface area (Å²) in [5.74, 6) is 0.875. The lowest BCUT2D eigenvalue weighted by Crippen LogP contribution is -2.08. The molecule has 0 aliphatic rings. The summed E-state index contributed by atoms with van der Waals surface area (Å²) < 4.78 is 13.8. The van der Waals surface area contributed by atoms with Crippen LogP contribution in [0.25, 0.3) is 11.3 Å². The number of nitrogens with zero attached hydrogens (tertiary/aromatic N) is 2. The minimum Gasteiger partial charge on any atom is -0.370 e. The van der Waals surface area contributed by atoms with Gasteiger partial charge in [0, 0.05) is 17.7 Å². The van der Waals surface area contributed by atoms with Crippen LogP contribution in [0.5, 0.6) is 0 Å². The molecule has 0 spiro atoms. The first-order chi connectivity index (χ1) is 9.56. The molecule has 3 nitrogen and oxygen atoms in total. The Bertz CT molecular complexity index is 609. The predicted octanol–water partition coefficient (Wildman–Crippen LogP) is 4.15. The van der Waals surface area contributed by atoms with E-state index in [1.165, 1.54) is 12.4 Å². The zero-order chi connectivity index (χ0) is 14.7.